The van der Waals surface area contributed by atoms with Gasteiger partial charge in [-0.25, -0.2) is 4.98 Å². The maximum atomic E-state index is 12.6. The number of hydrogen-bond donors (Lipinski definition) is 0. The second-order valence-corrected chi connectivity index (χ2v) is 5.47. The van der Waals surface area contributed by atoms with Gasteiger partial charge in [0.05, 0.1) is 23.1 Å². The Bertz CT molecular complexity index is 551. The largest absolute Gasteiger partial charge is 0.466 e. The number of carbonyl (C=O) groups is 1. The summed E-state index contributed by atoms with van der Waals surface area (Å²) in [6, 6.07) is 0.859. The molecule has 4 nitrogen and oxygen atoms in total. The molecule has 1 aliphatic rings. The fraction of sp³-hybridized carbons (Fsp3) is 0.571. The number of nitrogens with zero attached hydrogens (tertiary/aromatic N) is 2. The Balaban J connectivity index is 2.16. The van der Waals surface area contributed by atoms with E-state index in [4.69, 9.17) is 16.3 Å². The third-order valence-corrected chi connectivity index (χ3v) is 3.77. The van der Waals surface area contributed by atoms with Crippen molar-refractivity contribution in [1.82, 2.24) is 4.98 Å². The number of rotatable bonds is 3. The molecular formula is C14H16ClF3N2O2. The van der Waals surface area contributed by atoms with E-state index in [2.05, 4.69) is 4.98 Å². The zero-order valence-electron chi connectivity index (χ0n) is 12.0. The lowest BCUT2D eigenvalue weighted by atomic mass is 9.98. The first-order chi connectivity index (χ1) is 10.3. The van der Waals surface area contributed by atoms with Gasteiger partial charge in [0, 0.05) is 19.3 Å². The quantitative estimate of drug-likeness (QED) is 0.792. The average Bonchev–Trinajstić information content (AvgIpc) is 2.46. The molecule has 0 N–H and O–H groups in total. The minimum atomic E-state index is -4.48. The van der Waals surface area contributed by atoms with Gasteiger partial charge in [-0.2, -0.15) is 13.2 Å². The van der Waals surface area contributed by atoms with Crippen LogP contribution in [-0.4, -0.2) is 30.6 Å². The summed E-state index contributed by atoms with van der Waals surface area (Å²) in [5.41, 5.74) is -0.889. The summed E-state index contributed by atoms with van der Waals surface area (Å²) in [7, 11) is 0. The molecule has 0 aliphatic carbocycles. The van der Waals surface area contributed by atoms with Gasteiger partial charge in [0.1, 0.15) is 5.82 Å². The number of pyridine rings is 1. The minimum Gasteiger partial charge on any atom is -0.466 e. The second kappa shape index (κ2) is 6.73. The van der Waals surface area contributed by atoms with Crippen molar-refractivity contribution in [1.29, 1.82) is 0 Å². The summed E-state index contributed by atoms with van der Waals surface area (Å²) >= 11 is 5.94. The van der Waals surface area contributed by atoms with Crippen molar-refractivity contribution in [2.75, 3.05) is 24.6 Å². The first-order valence-corrected chi connectivity index (χ1v) is 7.35. The van der Waals surface area contributed by atoms with Crippen molar-refractivity contribution in [3.8, 4) is 0 Å². The first-order valence-electron chi connectivity index (χ1n) is 6.97. The highest BCUT2D eigenvalue weighted by Gasteiger charge is 2.33. The van der Waals surface area contributed by atoms with Crippen LogP contribution in [0, 0.1) is 5.92 Å². The maximum Gasteiger partial charge on any atom is 0.417 e. The van der Waals surface area contributed by atoms with E-state index >= 15 is 0 Å². The van der Waals surface area contributed by atoms with E-state index in [0.717, 1.165) is 18.7 Å². The minimum absolute atomic E-state index is 0.0701. The van der Waals surface area contributed by atoms with E-state index in [1.165, 1.54) is 0 Å². The van der Waals surface area contributed by atoms with Crippen LogP contribution in [0.15, 0.2) is 12.3 Å². The van der Waals surface area contributed by atoms with Gasteiger partial charge in [-0.1, -0.05) is 11.6 Å². The Morgan fingerprint density at radius 3 is 2.86 bits per heavy atom. The van der Waals surface area contributed by atoms with E-state index in [0.29, 0.717) is 26.1 Å². The summed E-state index contributed by atoms with van der Waals surface area (Å²) in [4.78, 5) is 17.4. The molecular weight excluding hydrogens is 321 g/mol. The number of anilines is 1. The van der Waals surface area contributed by atoms with Gasteiger partial charge in [0.2, 0.25) is 0 Å². The molecule has 2 rings (SSSR count). The molecule has 0 saturated carbocycles. The lowest BCUT2D eigenvalue weighted by molar-refractivity contribution is -0.148. The van der Waals surface area contributed by atoms with E-state index < -0.39 is 11.7 Å². The molecule has 0 bridgehead atoms. The average molecular weight is 337 g/mol. The third-order valence-electron chi connectivity index (χ3n) is 3.49. The molecule has 0 aromatic carbocycles. The number of aromatic nitrogens is 1. The Kier molecular flexibility index (Phi) is 5.16. The Morgan fingerprint density at radius 2 is 2.27 bits per heavy atom. The van der Waals surface area contributed by atoms with Gasteiger partial charge in [-0.3, -0.25) is 4.79 Å². The molecule has 0 amide bonds. The molecule has 1 fully saturated rings. The van der Waals surface area contributed by atoms with Crippen LogP contribution in [0.25, 0.3) is 0 Å². The predicted octanol–water partition coefficient (Wildman–Crippen LogP) is 3.53. The lowest BCUT2D eigenvalue weighted by Gasteiger charge is -2.32. The molecule has 1 aromatic heterocycles. The van der Waals surface area contributed by atoms with Crippen LogP contribution in [0.3, 0.4) is 0 Å². The van der Waals surface area contributed by atoms with Crippen LogP contribution in [0.5, 0.6) is 0 Å². The van der Waals surface area contributed by atoms with Crippen molar-refractivity contribution in [2.24, 2.45) is 5.92 Å². The van der Waals surface area contributed by atoms with Gasteiger partial charge in [0.25, 0.3) is 0 Å². The van der Waals surface area contributed by atoms with Gasteiger partial charge in [0.15, 0.2) is 0 Å². The van der Waals surface area contributed by atoms with Gasteiger partial charge < -0.3 is 9.64 Å². The van der Waals surface area contributed by atoms with Gasteiger partial charge in [-0.15, -0.1) is 0 Å². The Labute approximate surface area is 131 Å². The van der Waals surface area contributed by atoms with Gasteiger partial charge in [-0.05, 0) is 25.8 Å². The molecule has 1 atom stereocenters. The van der Waals surface area contributed by atoms with Crippen molar-refractivity contribution in [3.05, 3.63) is 22.8 Å². The molecule has 0 spiro atoms. The van der Waals surface area contributed by atoms with Crippen molar-refractivity contribution >= 4 is 23.4 Å². The van der Waals surface area contributed by atoms with Crippen LogP contribution < -0.4 is 4.90 Å². The summed E-state index contributed by atoms with van der Waals surface area (Å²) in [6.45, 7) is 2.96. The molecule has 122 valence electrons. The van der Waals surface area contributed by atoms with Crippen molar-refractivity contribution in [3.63, 3.8) is 0 Å². The SMILES string of the molecule is CCOC(=O)C1CCCN(c2ncc(C(F)(F)F)cc2Cl)C1. The molecule has 22 heavy (non-hydrogen) atoms. The van der Waals surface area contributed by atoms with Crippen LogP contribution in [-0.2, 0) is 15.7 Å². The smallest absolute Gasteiger partial charge is 0.417 e. The number of alkyl halides is 3. The van der Waals surface area contributed by atoms with Gasteiger partial charge >= 0.3 is 12.1 Å². The fourth-order valence-corrected chi connectivity index (χ4v) is 2.73. The lowest BCUT2D eigenvalue weighted by Crippen LogP contribution is -2.40. The molecule has 1 saturated heterocycles. The Hall–Kier alpha value is -1.50. The van der Waals surface area contributed by atoms with Crippen molar-refractivity contribution in [2.45, 2.75) is 25.9 Å². The zero-order chi connectivity index (χ0) is 16.3. The normalized spacial score (nSPS) is 19.1. The number of halogens is 4. The molecule has 8 heteroatoms. The predicted molar refractivity (Wildman–Crippen MR) is 75.8 cm³/mol. The van der Waals surface area contributed by atoms with Crippen LogP contribution >= 0.6 is 11.6 Å². The summed E-state index contributed by atoms with van der Waals surface area (Å²) in [5, 5.41) is -0.0701. The number of hydrogen-bond acceptors (Lipinski definition) is 4. The number of piperidine rings is 1. The molecule has 1 aromatic rings. The van der Waals surface area contributed by atoms with E-state index in [9.17, 15) is 18.0 Å². The molecule has 1 unspecified atom stereocenters. The fourth-order valence-electron chi connectivity index (χ4n) is 2.44. The monoisotopic (exact) mass is 336 g/mol. The van der Waals surface area contributed by atoms with Crippen LogP contribution in [0.1, 0.15) is 25.3 Å². The highest BCUT2D eigenvalue weighted by Crippen LogP contribution is 2.34. The maximum absolute atomic E-state index is 12.6. The second-order valence-electron chi connectivity index (χ2n) is 5.06. The molecule has 0 radical (unpaired) electrons. The number of carbonyl (C=O) groups excluding carboxylic acids is 1. The van der Waals surface area contributed by atoms with E-state index in [1.54, 1.807) is 11.8 Å². The summed E-state index contributed by atoms with van der Waals surface area (Å²) < 4.78 is 42.9. The van der Waals surface area contributed by atoms with Crippen LogP contribution in [0.4, 0.5) is 19.0 Å². The standard InChI is InChI=1S/C14H16ClF3N2O2/c1-2-22-13(21)9-4-3-5-20(8-9)12-11(15)6-10(7-19-12)14(16,17)18/h6-7,9H,2-5,8H2,1H3. The molecule has 2 heterocycles. The first kappa shape index (κ1) is 16.9. The summed E-state index contributed by atoms with van der Waals surface area (Å²) in [6.07, 6.45) is -2.31. The number of esters is 1. The zero-order valence-corrected chi connectivity index (χ0v) is 12.7. The van der Waals surface area contributed by atoms with E-state index in [-0.39, 0.29) is 22.7 Å². The number of ether oxygens (including phenoxy) is 1. The van der Waals surface area contributed by atoms with E-state index in [1.807, 2.05) is 0 Å². The highest BCUT2D eigenvalue weighted by molar-refractivity contribution is 6.33. The topological polar surface area (TPSA) is 42.4 Å². The highest BCUT2D eigenvalue weighted by atomic mass is 35.5. The third kappa shape index (κ3) is 3.82. The Morgan fingerprint density at radius 1 is 1.55 bits per heavy atom. The van der Waals surface area contributed by atoms with Crippen LogP contribution in [0.2, 0.25) is 5.02 Å². The van der Waals surface area contributed by atoms with Crippen molar-refractivity contribution < 1.29 is 22.7 Å². The summed E-state index contributed by atoms with van der Waals surface area (Å²) in [5.74, 6) is -0.340. The molecule has 1 aliphatic heterocycles.